The van der Waals surface area contributed by atoms with Gasteiger partial charge in [0.15, 0.2) is 0 Å². The predicted octanol–water partition coefficient (Wildman–Crippen LogP) is 5.38. The van der Waals surface area contributed by atoms with Gasteiger partial charge in [-0.1, -0.05) is 56.3 Å². The molecule has 3 heteroatoms. The second kappa shape index (κ2) is 10.4. The normalized spacial score (nSPS) is 13.2. The van der Waals surface area contributed by atoms with Crippen LogP contribution >= 0.6 is 12.4 Å². The van der Waals surface area contributed by atoms with Crippen LogP contribution in [0.15, 0.2) is 54.6 Å². The highest BCUT2D eigenvalue weighted by Crippen LogP contribution is 2.30. The van der Waals surface area contributed by atoms with Crippen molar-refractivity contribution in [3.05, 3.63) is 65.7 Å². The molecule has 0 aliphatic carbocycles. The van der Waals surface area contributed by atoms with E-state index < -0.39 is 0 Å². The van der Waals surface area contributed by atoms with E-state index in [4.69, 9.17) is 4.74 Å². The minimum absolute atomic E-state index is 0. The molecule has 0 aliphatic rings. The lowest BCUT2D eigenvalue weighted by atomic mass is 9.85. The summed E-state index contributed by atoms with van der Waals surface area (Å²) in [5.41, 5.74) is 2.58. The highest BCUT2D eigenvalue weighted by atomic mass is 35.5. The Kier molecular flexibility index (Phi) is 8.88. The molecule has 2 atom stereocenters. The lowest BCUT2D eigenvalue weighted by Gasteiger charge is -2.26. The quantitative estimate of drug-likeness (QED) is 0.635. The van der Waals surface area contributed by atoms with Gasteiger partial charge in [0.05, 0.1) is 0 Å². The van der Waals surface area contributed by atoms with E-state index in [1.807, 2.05) is 18.2 Å². The molecule has 2 aromatic rings. The van der Waals surface area contributed by atoms with E-state index in [1.54, 1.807) is 0 Å². The average Bonchev–Trinajstić information content (AvgIpc) is 2.54. The maximum atomic E-state index is 5.98. The first-order chi connectivity index (χ1) is 11.1. The van der Waals surface area contributed by atoms with Crippen molar-refractivity contribution in [1.82, 2.24) is 4.90 Å². The Balaban J connectivity index is 0.00000288. The molecule has 2 nitrogen and oxygen atoms in total. The van der Waals surface area contributed by atoms with E-state index in [1.165, 1.54) is 11.1 Å². The van der Waals surface area contributed by atoms with Crippen molar-refractivity contribution < 1.29 is 4.74 Å². The SMILES string of the molecule is CCC(c1cccc(OCc2ccccc2)c1)C(C)CN(C)C.Cl. The molecule has 0 saturated heterocycles. The molecule has 2 unspecified atom stereocenters. The molecule has 0 saturated carbocycles. The largest absolute Gasteiger partial charge is 0.489 e. The summed E-state index contributed by atoms with van der Waals surface area (Å²) in [6.45, 7) is 6.34. The van der Waals surface area contributed by atoms with Gasteiger partial charge in [0.2, 0.25) is 0 Å². The van der Waals surface area contributed by atoms with Gasteiger partial charge in [0.25, 0.3) is 0 Å². The fourth-order valence-electron chi connectivity index (χ4n) is 3.25. The molecule has 0 bridgehead atoms. The molecule has 0 radical (unpaired) electrons. The summed E-state index contributed by atoms with van der Waals surface area (Å²) in [5.74, 6) is 2.15. The number of ether oxygens (including phenoxy) is 1. The second-order valence-electron chi connectivity index (χ2n) is 6.60. The highest BCUT2D eigenvalue weighted by Gasteiger charge is 2.18. The summed E-state index contributed by atoms with van der Waals surface area (Å²) in [6.07, 6.45) is 1.15. The third-order valence-electron chi connectivity index (χ3n) is 4.31. The van der Waals surface area contributed by atoms with E-state index in [0.29, 0.717) is 18.4 Å². The van der Waals surface area contributed by atoms with Gasteiger partial charge in [-0.05, 0) is 55.6 Å². The minimum atomic E-state index is 0. The topological polar surface area (TPSA) is 12.5 Å². The summed E-state index contributed by atoms with van der Waals surface area (Å²) < 4.78 is 5.98. The van der Waals surface area contributed by atoms with Crippen molar-refractivity contribution >= 4 is 12.4 Å². The van der Waals surface area contributed by atoms with Crippen LogP contribution in [0.1, 0.15) is 37.3 Å². The zero-order chi connectivity index (χ0) is 16.7. The summed E-state index contributed by atoms with van der Waals surface area (Å²) in [4.78, 5) is 2.27. The van der Waals surface area contributed by atoms with Gasteiger partial charge in [0, 0.05) is 6.54 Å². The molecular formula is C21H30ClNO. The van der Waals surface area contributed by atoms with Gasteiger partial charge < -0.3 is 9.64 Å². The van der Waals surface area contributed by atoms with Gasteiger partial charge in [-0.15, -0.1) is 12.4 Å². The van der Waals surface area contributed by atoms with Crippen LogP contribution in [0.3, 0.4) is 0 Å². The van der Waals surface area contributed by atoms with Crippen LogP contribution in [0.25, 0.3) is 0 Å². The Morgan fingerprint density at radius 2 is 1.71 bits per heavy atom. The first-order valence-corrected chi connectivity index (χ1v) is 8.51. The number of hydrogen-bond donors (Lipinski definition) is 0. The number of benzene rings is 2. The van der Waals surface area contributed by atoms with Gasteiger partial charge in [0.1, 0.15) is 12.4 Å². The predicted molar refractivity (Wildman–Crippen MR) is 105 cm³/mol. The molecular weight excluding hydrogens is 318 g/mol. The Labute approximate surface area is 153 Å². The molecule has 0 heterocycles. The van der Waals surface area contributed by atoms with Crippen LogP contribution in [0.4, 0.5) is 0 Å². The molecule has 24 heavy (non-hydrogen) atoms. The number of nitrogens with zero attached hydrogens (tertiary/aromatic N) is 1. The highest BCUT2D eigenvalue weighted by molar-refractivity contribution is 5.85. The van der Waals surface area contributed by atoms with Crippen LogP contribution in [0.5, 0.6) is 5.75 Å². The fourth-order valence-corrected chi connectivity index (χ4v) is 3.25. The molecule has 0 N–H and O–H groups in total. The van der Waals surface area contributed by atoms with Crippen molar-refractivity contribution in [3.8, 4) is 5.75 Å². The van der Waals surface area contributed by atoms with Crippen LogP contribution in [0, 0.1) is 5.92 Å². The molecule has 0 aliphatic heterocycles. The third kappa shape index (κ3) is 6.18. The Morgan fingerprint density at radius 3 is 2.33 bits per heavy atom. The summed E-state index contributed by atoms with van der Waals surface area (Å²) >= 11 is 0. The monoisotopic (exact) mass is 347 g/mol. The van der Waals surface area contributed by atoms with Gasteiger partial charge in [-0.3, -0.25) is 0 Å². The molecule has 0 amide bonds. The van der Waals surface area contributed by atoms with Crippen molar-refractivity contribution in [3.63, 3.8) is 0 Å². The molecule has 2 rings (SSSR count). The van der Waals surface area contributed by atoms with E-state index in [-0.39, 0.29) is 12.4 Å². The van der Waals surface area contributed by atoms with Crippen LogP contribution in [-0.4, -0.2) is 25.5 Å². The Hall–Kier alpha value is -1.51. The first kappa shape index (κ1) is 20.5. The van der Waals surface area contributed by atoms with Crippen LogP contribution in [-0.2, 0) is 6.61 Å². The fraction of sp³-hybridized carbons (Fsp3) is 0.429. The van der Waals surface area contributed by atoms with E-state index >= 15 is 0 Å². The van der Waals surface area contributed by atoms with E-state index in [0.717, 1.165) is 18.7 Å². The van der Waals surface area contributed by atoms with Crippen LogP contribution in [0.2, 0.25) is 0 Å². The molecule has 0 fully saturated rings. The number of halogens is 1. The summed E-state index contributed by atoms with van der Waals surface area (Å²) in [6, 6.07) is 18.9. The standard InChI is InChI=1S/C21H29NO.ClH/c1-5-21(17(2)15-22(3)4)19-12-9-13-20(14-19)23-16-18-10-7-6-8-11-18;/h6-14,17,21H,5,15-16H2,1-4H3;1H. The third-order valence-corrected chi connectivity index (χ3v) is 4.31. The lowest BCUT2D eigenvalue weighted by molar-refractivity contribution is 0.296. The first-order valence-electron chi connectivity index (χ1n) is 8.51. The number of rotatable bonds is 8. The van der Waals surface area contributed by atoms with Gasteiger partial charge >= 0.3 is 0 Å². The van der Waals surface area contributed by atoms with Crippen LogP contribution < -0.4 is 4.74 Å². The average molecular weight is 348 g/mol. The van der Waals surface area contributed by atoms with Crippen molar-refractivity contribution in [1.29, 1.82) is 0 Å². The van der Waals surface area contributed by atoms with Crippen molar-refractivity contribution in [2.75, 3.05) is 20.6 Å². The zero-order valence-corrected chi connectivity index (χ0v) is 16.1. The molecule has 2 aromatic carbocycles. The van der Waals surface area contributed by atoms with Gasteiger partial charge in [-0.25, -0.2) is 0 Å². The second-order valence-corrected chi connectivity index (χ2v) is 6.60. The summed E-state index contributed by atoms with van der Waals surface area (Å²) in [7, 11) is 4.28. The van der Waals surface area contributed by atoms with E-state index in [2.05, 4.69) is 69.2 Å². The van der Waals surface area contributed by atoms with Crippen molar-refractivity contribution in [2.45, 2.75) is 32.8 Å². The Bertz CT molecular complexity index is 585. The summed E-state index contributed by atoms with van der Waals surface area (Å²) in [5, 5.41) is 0. The molecule has 0 aromatic heterocycles. The van der Waals surface area contributed by atoms with E-state index in [9.17, 15) is 0 Å². The minimum Gasteiger partial charge on any atom is -0.489 e. The van der Waals surface area contributed by atoms with Crippen molar-refractivity contribution in [2.24, 2.45) is 5.92 Å². The Morgan fingerprint density at radius 1 is 1.00 bits per heavy atom. The zero-order valence-electron chi connectivity index (χ0n) is 15.2. The number of hydrogen-bond acceptors (Lipinski definition) is 2. The smallest absolute Gasteiger partial charge is 0.120 e. The maximum Gasteiger partial charge on any atom is 0.120 e. The maximum absolute atomic E-state index is 5.98. The van der Waals surface area contributed by atoms with Gasteiger partial charge in [-0.2, -0.15) is 0 Å². The molecule has 0 spiro atoms. The molecule has 132 valence electrons. The lowest BCUT2D eigenvalue weighted by Crippen LogP contribution is -2.24.